The Hall–Kier alpha value is -1.65. The Morgan fingerprint density at radius 2 is 2.00 bits per heavy atom. The van der Waals surface area contributed by atoms with E-state index in [1.54, 1.807) is 7.05 Å². The first-order valence-corrected chi connectivity index (χ1v) is 6.84. The second kappa shape index (κ2) is 7.82. The van der Waals surface area contributed by atoms with Crippen molar-refractivity contribution in [1.29, 1.82) is 0 Å². The molecule has 0 bridgehead atoms. The molecule has 1 aromatic rings. The summed E-state index contributed by atoms with van der Waals surface area (Å²) in [6, 6.07) is 0. The maximum absolute atomic E-state index is 11.6. The number of methoxy groups -OCH3 is 2. The molecule has 0 radical (unpaired) electrons. The maximum atomic E-state index is 11.6. The van der Waals surface area contributed by atoms with Gasteiger partial charge in [-0.15, -0.1) is 5.10 Å². The fourth-order valence-corrected chi connectivity index (χ4v) is 1.76. The first-order valence-electron chi connectivity index (χ1n) is 5.61. The highest BCUT2D eigenvalue weighted by atomic mass is 32.2. The number of nitrogens with zero attached hydrogens (tertiary/aromatic N) is 3. The standard InChI is InChI=1S/C10H17N5O4S/c1-15-10(20-4)13-9(14-15)12-8(17)7(16)11-5-6(18-2)19-3/h6H,5H2,1-4H3,(H,11,16)(H,12,14,17). The van der Waals surface area contributed by atoms with Crippen LogP contribution in [-0.4, -0.2) is 59.9 Å². The average molecular weight is 303 g/mol. The maximum Gasteiger partial charge on any atom is 0.316 e. The SMILES string of the molecule is COC(CNC(=O)C(=O)Nc1nc(SC)n(C)n1)OC. The van der Waals surface area contributed by atoms with E-state index in [2.05, 4.69) is 20.7 Å². The molecule has 0 atom stereocenters. The summed E-state index contributed by atoms with van der Waals surface area (Å²) in [4.78, 5) is 27.2. The summed E-state index contributed by atoms with van der Waals surface area (Å²) in [6.07, 6.45) is 1.22. The predicted molar refractivity (Wildman–Crippen MR) is 72.2 cm³/mol. The number of aryl methyl sites for hydroxylation is 1. The summed E-state index contributed by atoms with van der Waals surface area (Å²) in [5.41, 5.74) is 0. The number of hydrogen-bond acceptors (Lipinski definition) is 7. The average Bonchev–Trinajstić information content (AvgIpc) is 2.79. The van der Waals surface area contributed by atoms with E-state index in [0.717, 1.165) is 0 Å². The fraction of sp³-hybridized carbons (Fsp3) is 0.600. The van der Waals surface area contributed by atoms with Gasteiger partial charge in [-0.1, -0.05) is 11.8 Å². The Morgan fingerprint density at radius 1 is 1.35 bits per heavy atom. The zero-order valence-corrected chi connectivity index (χ0v) is 12.5. The molecular formula is C10H17N5O4S. The van der Waals surface area contributed by atoms with E-state index in [-0.39, 0.29) is 12.5 Å². The first kappa shape index (κ1) is 16.4. The highest BCUT2D eigenvalue weighted by Crippen LogP contribution is 2.12. The van der Waals surface area contributed by atoms with E-state index in [1.807, 2.05) is 6.26 Å². The van der Waals surface area contributed by atoms with E-state index < -0.39 is 18.1 Å². The molecule has 0 fully saturated rings. The predicted octanol–water partition coefficient (Wildman–Crippen LogP) is -0.789. The highest BCUT2D eigenvalue weighted by Gasteiger charge is 2.18. The Kier molecular flexibility index (Phi) is 6.42. The van der Waals surface area contributed by atoms with E-state index in [0.29, 0.717) is 5.16 Å². The molecule has 1 aromatic heterocycles. The van der Waals surface area contributed by atoms with Gasteiger partial charge in [0.2, 0.25) is 5.95 Å². The number of amides is 2. The Morgan fingerprint density at radius 3 is 2.50 bits per heavy atom. The van der Waals surface area contributed by atoms with Crippen molar-refractivity contribution in [3.05, 3.63) is 0 Å². The molecule has 2 N–H and O–H groups in total. The molecule has 10 heteroatoms. The monoisotopic (exact) mass is 303 g/mol. The number of hydrogen-bond donors (Lipinski definition) is 2. The van der Waals surface area contributed by atoms with E-state index in [1.165, 1.54) is 30.7 Å². The van der Waals surface area contributed by atoms with Gasteiger partial charge in [0.05, 0.1) is 6.54 Å². The second-order valence-corrected chi connectivity index (χ2v) is 4.38. The topological polar surface area (TPSA) is 107 Å². The molecule has 0 unspecified atom stereocenters. The Bertz CT molecular complexity index is 474. The summed E-state index contributed by atoms with van der Waals surface area (Å²) in [5.74, 6) is -1.59. The van der Waals surface area contributed by atoms with Crippen LogP contribution in [0.2, 0.25) is 0 Å². The number of carbonyl (C=O) groups excluding carboxylic acids is 2. The zero-order valence-electron chi connectivity index (χ0n) is 11.7. The lowest BCUT2D eigenvalue weighted by Crippen LogP contribution is -2.40. The van der Waals surface area contributed by atoms with Crippen molar-refractivity contribution in [2.45, 2.75) is 11.4 Å². The molecule has 20 heavy (non-hydrogen) atoms. The minimum atomic E-state index is -0.853. The molecule has 112 valence electrons. The summed E-state index contributed by atoms with van der Waals surface area (Å²) >= 11 is 1.38. The highest BCUT2D eigenvalue weighted by molar-refractivity contribution is 7.98. The van der Waals surface area contributed by atoms with Gasteiger partial charge in [0, 0.05) is 21.3 Å². The third-order valence-electron chi connectivity index (χ3n) is 2.29. The molecule has 0 aromatic carbocycles. The van der Waals surface area contributed by atoms with Crippen LogP contribution in [0.25, 0.3) is 0 Å². The van der Waals surface area contributed by atoms with Gasteiger partial charge in [-0.3, -0.25) is 14.9 Å². The van der Waals surface area contributed by atoms with E-state index in [9.17, 15) is 9.59 Å². The van der Waals surface area contributed by atoms with Crippen LogP contribution in [0.4, 0.5) is 5.95 Å². The molecule has 0 spiro atoms. The Labute approximate surface area is 120 Å². The van der Waals surface area contributed by atoms with Crippen molar-refractivity contribution in [2.75, 3.05) is 32.3 Å². The number of rotatable bonds is 6. The van der Waals surface area contributed by atoms with Crippen LogP contribution in [-0.2, 0) is 26.1 Å². The second-order valence-electron chi connectivity index (χ2n) is 3.61. The summed E-state index contributed by atoms with van der Waals surface area (Å²) < 4.78 is 11.3. The third-order valence-corrected chi connectivity index (χ3v) is 3.01. The summed E-state index contributed by atoms with van der Waals surface area (Å²) in [5, 5.41) is 9.26. The normalized spacial score (nSPS) is 10.7. The quantitative estimate of drug-likeness (QED) is 0.403. The Balaban J connectivity index is 2.50. The fourth-order valence-electron chi connectivity index (χ4n) is 1.28. The minimum Gasteiger partial charge on any atom is -0.354 e. The summed E-state index contributed by atoms with van der Waals surface area (Å²) in [7, 11) is 4.56. The third kappa shape index (κ3) is 4.47. The van der Waals surface area contributed by atoms with Crippen LogP contribution in [0, 0.1) is 0 Å². The molecule has 0 aliphatic rings. The summed E-state index contributed by atoms with van der Waals surface area (Å²) in [6.45, 7) is 0.0605. The van der Waals surface area contributed by atoms with Gasteiger partial charge >= 0.3 is 11.8 Å². The number of thioether (sulfide) groups is 1. The molecule has 1 heterocycles. The van der Waals surface area contributed by atoms with Crippen LogP contribution >= 0.6 is 11.8 Å². The largest absolute Gasteiger partial charge is 0.354 e. The lowest BCUT2D eigenvalue weighted by Gasteiger charge is -2.13. The minimum absolute atomic E-state index is 0.0605. The number of ether oxygens (including phenoxy) is 2. The van der Waals surface area contributed by atoms with Crippen LogP contribution in [0.5, 0.6) is 0 Å². The lowest BCUT2D eigenvalue weighted by molar-refractivity contribution is -0.139. The van der Waals surface area contributed by atoms with Crippen molar-refractivity contribution < 1.29 is 19.1 Å². The number of carbonyl (C=O) groups is 2. The molecule has 9 nitrogen and oxygen atoms in total. The molecule has 0 saturated heterocycles. The van der Waals surface area contributed by atoms with Gasteiger partial charge in [0.15, 0.2) is 11.4 Å². The van der Waals surface area contributed by atoms with Crippen LogP contribution in [0.1, 0.15) is 0 Å². The van der Waals surface area contributed by atoms with Gasteiger partial charge < -0.3 is 14.8 Å². The van der Waals surface area contributed by atoms with Gasteiger partial charge in [0.25, 0.3) is 0 Å². The number of nitrogens with one attached hydrogen (secondary N) is 2. The molecule has 2 amide bonds. The van der Waals surface area contributed by atoms with E-state index >= 15 is 0 Å². The van der Waals surface area contributed by atoms with Crippen molar-refractivity contribution in [3.63, 3.8) is 0 Å². The van der Waals surface area contributed by atoms with Gasteiger partial charge in [-0.2, -0.15) is 4.98 Å². The van der Waals surface area contributed by atoms with Crippen LogP contribution in [0.15, 0.2) is 5.16 Å². The zero-order chi connectivity index (χ0) is 15.1. The van der Waals surface area contributed by atoms with Gasteiger partial charge in [0.1, 0.15) is 0 Å². The molecule has 0 saturated carbocycles. The molecular weight excluding hydrogens is 286 g/mol. The first-order chi connectivity index (χ1) is 9.51. The van der Waals surface area contributed by atoms with Gasteiger partial charge in [-0.25, -0.2) is 4.68 Å². The van der Waals surface area contributed by atoms with Crippen molar-refractivity contribution in [2.24, 2.45) is 7.05 Å². The van der Waals surface area contributed by atoms with Gasteiger partial charge in [-0.05, 0) is 6.26 Å². The molecule has 0 aliphatic heterocycles. The number of aromatic nitrogens is 3. The van der Waals surface area contributed by atoms with Crippen molar-refractivity contribution in [1.82, 2.24) is 20.1 Å². The van der Waals surface area contributed by atoms with Crippen LogP contribution < -0.4 is 10.6 Å². The van der Waals surface area contributed by atoms with Crippen molar-refractivity contribution >= 4 is 29.5 Å². The van der Waals surface area contributed by atoms with Crippen molar-refractivity contribution in [3.8, 4) is 0 Å². The van der Waals surface area contributed by atoms with E-state index in [4.69, 9.17) is 9.47 Å². The lowest BCUT2D eigenvalue weighted by atomic mass is 10.5. The molecule has 0 aliphatic carbocycles. The smallest absolute Gasteiger partial charge is 0.316 e. The number of anilines is 1. The van der Waals surface area contributed by atoms with Crippen LogP contribution in [0.3, 0.4) is 0 Å². The molecule has 1 rings (SSSR count).